The number of carboxylic acids is 2. The summed E-state index contributed by atoms with van der Waals surface area (Å²) in [5, 5.41) is 23.0. The highest BCUT2D eigenvalue weighted by atomic mass is 16.4. The molecule has 2 aliphatic heterocycles. The van der Waals surface area contributed by atoms with Crippen molar-refractivity contribution >= 4 is 34.7 Å². The van der Waals surface area contributed by atoms with Gasteiger partial charge in [-0.3, -0.25) is 29.4 Å². The van der Waals surface area contributed by atoms with Crippen molar-refractivity contribution in [1.29, 1.82) is 0 Å². The Morgan fingerprint density at radius 2 is 1.83 bits per heavy atom. The second kappa shape index (κ2) is 6.40. The largest absolute Gasteiger partial charge is 0.481 e. The van der Waals surface area contributed by atoms with Crippen LogP contribution in [0.15, 0.2) is 34.7 Å². The molecule has 9 nitrogen and oxygen atoms in total. The van der Waals surface area contributed by atoms with E-state index in [-0.39, 0.29) is 5.76 Å². The summed E-state index contributed by atoms with van der Waals surface area (Å²) in [4.78, 5) is 51.5. The van der Waals surface area contributed by atoms with E-state index in [0.717, 1.165) is 10.3 Å². The lowest BCUT2D eigenvalue weighted by molar-refractivity contribution is -0.157. The SMILES string of the molecule is CC(C)(C)N1C(=O)C2C(c3cc4ccccc4o3)NC(CC(=O)O)(C(=O)O)C2C1=O. The maximum atomic E-state index is 13.3. The number of aliphatic carboxylic acids is 2. The first kappa shape index (κ1) is 20.1. The van der Waals surface area contributed by atoms with Gasteiger partial charge in [-0.1, -0.05) is 18.2 Å². The number of imide groups is 1. The van der Waals surface area contributed by atoms with Crippen LogP contribution in [-0.2, 0) is 19.2 Å². The first-order valence-corrected chi connectivity index (χ1v) is 9.56. The molecule has 3 N–H and O–H groups in total. The third-order valence-electron chi connectivity index (χ3n) is 5.89. The van der Waals surface area contributed by atoms with Crippen molar-refractivity contribution in [1.82, 2.24) is 10.2 Å². The molecule has 2 aromatic rings. The van der Waals surface area contributed by atoms with Crippen molar-refractivity contribution in [3.8, 4) is 0 Å². The van der Waals surface area contributed by atoms with Crippen molar-refractivity contribution in [2.75, 3.05) is 0 Å². The van der Waals surface area contributed by atoms with Crippen molar-refractivity contribution < 1.29 is 33.8 Å². The van der Waals surface area contributed by atoms with Crippen molar-refractivity contribution in [3.63, 3.8) is 0 Å². The molecule has 4 unspecified atom stereocenters. The van der Waals surface area contributed by atoms with Crippen LogP contribution in [0.5, 0.6) is 0 Å². The molecular weight excluding hydrogens is 392 g/mol. The summed E-state index contributed by atoms with van der Waals surface area (Å²) in [6.07, 6.45) is -0.850. The van der Waals surface area contributed by atoms with Crippen LogP contribution in [0.4, 0.5) is 0 Å². The molecule has 2 fully saturated rings. The maximum Gasteiger partial charge on any atom is 0.325 e. The molecule has 30 heavy (non-hydrogen) atoms. The van der Waals surface area contributed by atoms with Crippen LogP contribution >= 0.6 is 0 Å². The van der Waals surface area contributed by atoms with Gasteiger partial charge in [-0.05, 0) is 32.9 Å². The average Bonchev–Trinajstić information content (AvgIpc) is 3.26. The molecule has 0 radical (unpaired) electrons. The van der Waals surface area contributed by atoms with E-state index < -0.39 is 59.1 Å². The van der Waals surface area contributed by atoms with Crippen LogP contribution in [-0.4, -0.2) is 49.9 Å². The van der Waals surface area contributed by atoms with Gasteiger partial charge >= 0.3 is 11.9 Å². The van der Waals surface area contributed by atoms with E-state index in [4.69, 9.17) is 4.42 Å². The predicted molar refractivity (Wildman–Crippen MR) is 103 cm³/mol. The van der Waals surface area contributed by atoms with E-state index >= 15 is 0 Å². The van der Waals surface area contributed by atoms with Crippen LogP contribution in [0.3, 0.4) is 0 Å². The number of amides is 2. The summed E-state index contributed by atoms with van der Waals surface area (Å²) < 4.78 is 5.86. The van der Waals surface area contributed by atoms with Crippen LogP contribution in [0, 0.1) is 11.8 Å². The van der Waals surface area contributed by atoms with Gasteiger partial charge in [-0.15, -0.1) is 0 Å². The van der Waals surface area contributed by atoms with E-state index in [9.17, 15) is 29.4 Å². The maximum absolute atomic E-state index is 13.3. The third-order valence-corrected chi connectivity index (χ3v) is 5.89. The van der Waals surface area contributed by atoms with Gasteiger partial charge in [0.15, 0.2) is 0 Å². The molecule has 0 aliphatic carbocycles. The van der Waals surface area contributed by atoms with Crippen LogP contribution in [0.2, 0.25) is 0 Å². The monoisotopic (exact) mass is 414 g/mol. The Balaban J connectivity index is 1.90. The van der Waals surface area contributed by atoms with Crippen molar-refractivity contribution in [2.45, 2.75) is 44.3 Å². The lowest BCUT2D eigenvalue weighted by Crippen LogP contribution is -2.58. The van der Waals surface area contributed by atoms with Gasteiger partial charge in [0.25, 0.3) is 0 Å². The summed E-state index contributed by atoms with van der Waals surface area (Å²) >= 11 is 0. The van der Waals surface area contributed by atoms with Gasteiger partial charge in [0.1, 0.15) is 16.9 Å². The zero-order valence-corrected chi connectivity index (χ0v) is 16.7. The van der Waals surface area contributed by atoms with Gasteiger partial charge in [-0.2, -0.15) is 0 Å². The zero-order valence-electron chi connectivity index (χ0n) is 16.7. The molecule has 1 aromatic heterocycles. The quantitative estimate of drug-likeness (QED) is 0.644. The number of carbonyl (C=O) groups is 4. The summed E-state index contributed by atoms with van der Waals surface area (Å²) in [6, 6.07) is 7.85. The average molecular weight is 414 g/mol. The van der Waals surface area contributed by atoms with Gasteiger partial charge in [-0.25, -0.2) is 0 Å². The molecule has 4 atom stereocenters. The molecule has 0 saturated carbocycles. The van der Waals surface area contributed by atoms with E-state index in [1.54, 1.807) is 45.0 Å². The number of hydrogen-bond donors (Lipinski definition) is 3. The van der Waals surface area contributed by atoms with Crippen molar-refractivity contribution in [3.05, 3.63) is 36.1 Å². The number of likely N-dealkylation sites (tertiary alicyclic amines) is 1. The second-order valence-electron chi connectivity index (χ2n) is 8.84. The molecule has 1 aromatic carbocycles. The summed E-state index contributed by atoms with van der Waals surface area (Å²) in [6.45, 7) is 5.02. The van der Waals surface area contributed by atoms with Crippen molar-refractivity contribution in [2.24, 2.45) is 11.8 Å². The first-order valence-electron chi connectivity index (χ1n) is 9.56. The standard InChI is InChI=1S/C21H22N2O7/c1-20(2,3)23-17(26)14-15(18(23)27)21(19(28)29,9-13(24)25)22-16(14)12-8-10-6-4-5-7-11(10)30-12/h4-8,14-16,22H,9H2,1-3H3,(H,24,25)(H,28,29). The van der Waals surface area contributed by atoms with Crippen LogP contribution in [0.1, 0.15) is 39.0 Å². The fourth-order valence-corrected chi connectivity index (χ4v) is 4.74. The predicted octanol–water partition coefficient (Wildman–Crippen LogP) is 1.77. The topological polar surface area (TPSA) is 137 Å². The summed E-state index contributed by atoms with van der Waals surface area (Å²) in [7, 11) is 0. The highest BCUT2D eigenvalue weighted by molar-refractivity contribution is 6.10. The molecule has 4 rings (SSSR count). The number of benzene rings is 1. The fourth-order valence-electron chi connectivity index (χ4n) is 4.74. The molecule has 2 saturated heterocycles. The van der Waals surface area contributed by atoms with E-state index in [1.807, 2.05) is 6.07 Å². The molecular formula is C21H22N2O7. The van der Waals surface area contributed by atoms with Gasteiger partial charge in [0.2, 0.25) is 11.8 Å². The van der Waals surface area contributed by atoms with Gasteiger partial charge < -0.3 is 14.6 Å². The highest BCUT2D eigenvalue weighted by Gasteiger charge is 2.70. The fraction of sp³-hybridized carbons (Fsp3) is 0.429. The minimum Gasteiger partial charge on any atom is -0.481 e. The van der Waals surface area contributed by atoms with E-state index in [1.165, 1.54) is 0 Å². The Morgan fingerprint density at radius 3 is 2.40 bits per heavy atom. The molecule has 9 heteroatoms. The number of rotatable bonds is 4. The molecule has 2 amide bonds. The Labute approximate surface area is 171 Å². The second-order valence-corrected chi connectivity index (χ2v) is 8.84. The third kappa shape index (κ3) is 2.72. The Hall–Kier alpha value is -3.20. The Morgan fingerprint density at radius 1 is 1.17 bits per heavy atom. The normalized spacial score (nSPS) is 28.9. The number of nitrogens with zero attached hydrogens (tertiary/aromatic N) is 1. The minimum absolute atomic E-state index is 0.289. The smallest absolute Gasteiger partial charge is 0.325 e. The Kier molecular flexibility index (Phi) is 4.28. The van der Waals surface area contributed by atoms with Crippen LogP contribution < -0.4 is 5.32 Å². The number of fused-ring (bicyclic) bond motifs is 2. The summed E-state index contributed by atoms with van der Waals surface area (Å²) in [5.41, 5.74) is -2.47. The summed E-state index contributed by atoms with van der Waals surface area (Å²) in [5.74, 6) is -6.27. The number of nitrogens with one attached hydrogen (secondary N) is 1. The first-order chi connectivity index (χ1) is 14.0. The number of hydrogen-bond acceptors (Lipinski definition) is 6. The number of carbonyl (C=O) groups excluding carboxylic acids is 2. The molecule has 2 aliphatic rings. The minimum atomic E-state index is -2.13. The van der Waals surface area contributed by atoms with E-state index in [0.29, 0.717) is 5.58 Å². The van der Waals surface area contributed by atoms with Gasteiger partial charge in [0, 0.05) is 10.9 Å². The lowest BCUT2D eigenvalue weighted by atomic mass is 9.78. The van der Waals surface area contributed by atoms with Gasteiger partial charge in [0.05, 0.1) is 24.3 Å². The molecule has 3 heterocycles. The highest BCUT2D eigenvalue weighted by Crippen LogP contribution is 2.52. The van der Waals surface area contributed by atoms with E-state index in [2.05, 4.69) is 5.32 Å². The number of carboxylic acid groups (broad SMARTS) is 2. The number of para-hydroxylation sites is 1. The number of furan rings is 1. The molecule has 0 bridgehead atoms. The van der Waals surface area contributed by atoms with Crippen LogP contribution in [0.25, 0.3) is 11.0 Å². The zero-order chi connectivity index (χ0) is 22.0. The Bertz CT molecular complexity index is 1050. The lowest BCUT2D eigenvalue weighted by Gasteiger charge is -2.34. The molecule has 158 valence electrons. The molecule has 0 spiro atoms.